The molecule has 2 heterocycles. The summed E-state index contributed by atoms with van der Waals surface area (Å²) in [5.74, 6) is 0.433. The average Bonchev–Trinajstić information content (AvgIpc) is 2.93. The molecule has 0 radical (unpaired) electrons. The highest BCUT2D eigenvalue weighted by molar-refractivity contribution is 5.89. The predicted molar refractivity (Wildman–Crippen MR) is 93.2 cm³/mol. The first-order chi connectivity index (χ1) is 11.6. The van der Waals surface area contributed by atoms with Crippen LogP contribution in [-0.2, 0) is 16.1 Å². The summed E-state index contributed by atoms with van der Waals surface area (Å²) in [7, 11) is 1.76. The predicted octanol–water partition coefficient (Wildman–Crippen LogP) is 1.49. The Labute approximate surface area is 144 Å². The van der Waals surface area contributed by atoms with Crippen molar-refractivity contribution in [1.29, 1.82) is 0 Å². The topological polar surface area (TPSA) is 52.7 Å². The third kappa shape index (κ3) is 4.35. The zero-order chi connectivity index (χ0) is 16.9. The second-order valence-electron chi connectivity index (χ2n) is 7.15. The fourth-order valence-electron chi connectivity index (χ4n) is 3.73. The van der Waals surface area contributed by atoms with Crippen LogP contribution in [0.25, 0.3) is 0 Å². The Morgan fingerprint density at radius 2 is 2.04 bits per heavy atom. The summed E-state index contributed by atoms with van der Waals surface area (Å²) < 4.78 is 0. The molecule has 0 saturated carbocycles. The lowest BCUT2D eigenvalue weighted by atomic mass is 9.97. The molecule has 0 aromatic heterocycles. The number of carbonyl (C=O) groups excluding carboxylic acids is 2. The minimum Gasteiger partial charge on any atom is -0.355 e. The summed E-state index contributed by atoms with van der Waals surface area (Å²) in [6.07, 6.45) is 2.69. The van der Waals surface area contributed by atoms with E-state index in [1.165, 1.54) is 12.0 Å². The van der Waals surface area contributed by atoms with Gasteiger partial charge in [-0.15, -0.1) is 0 Å². The van der Waals surface area contributed by atoms with E-state index in [0.717, 1.165) is 32.6 Å². The highest BCUT2D eigenvalue weighted by atomic mass is 16.2. The van der Waals surface area contributed by atoms with E-state index in [9.17, 15) is 9.59 Å². The maximum atomic E-state index is 12.2. The van der Waals surface area contributed by atoms with Crippen molar-refractivity contribution < 1.29 is 9.59 Å². The molecule has 5 nitrogen and oxygen atoms in total. The van der Waals surface area contributed by atoms with Crippen molar-refractivity contribution in [2.75, 3.05) is 33.2 Å². The quantitative estimate of drug-likeness (QED) is 0.890. The van der Waals surface area contributed by atoms with E-state index in [1.807, 2.05) is 6.07 Å². The minimum absolute atomic E-state index is 0.0351. The monoisotopic (exact) mass is 329 g/mol. The molecule has 2 fully saturated rings. The zero-order valence-electron chi connectivity index (χ0n) is 14.4. The van der Waals surface area contributed by atoms with Gasteiger partial charge in [0.2, 0.25) is 11.8 Å². The van der Waals surface area contributed by atoms with Crippen molar-refractivity contribution in [2.24, 2.45) is 11.8 Å². The SMILES string of the molecule is CN1CC(C(=O)NCC2CCCN(Cc3ccccc3)C2)CC1=O. The summed E-state index contributed by atoms with van der Waals surface area (Å²) in [4.78, 5) is 27.9. The van der Waals surface area contributed by atoms with Crippen LogP contribution in [0, 0.1) is 11.8 Å². The fraction of sp³-hybridized carbons (Fsp3) is 0.579. The Balaban J connectivity index is 1.44. The first kappa shape index (κ1) is 17.0. The number of benzene rings is 1. The number of amides is 2. The standard InChI is InChI=1S/C19H27N3O2/c1-21-14-17(10-18(21)23)19(24)20-11-16-8-5-9-22(13-16)12-15-6-3-2-4-7-15/h2-4,6-7,16-17H,5,8-14H2,1H3,(H,20,24). The van der Waals surface area contributed by atoms with E-state index in [4.69, 9.17) is 0 Å². The molecule has 130 valence electrons. The Morgan fingerprint density at radius 1 is 1.25 bits per heavy atom. The molecule has 3 rings (SSSR count). The van der Waals surface area contributed by atoms with Crippen molar-refractivity contribution in [3.63, 3.8) is 0 Å². The van der Waals surface area contributed by atoms with E-state index in [1.54, 1.807) is 11.9 Å². The second-order valence-corrected chi connectivity index (χ2v) is 7.15. The lowest BCUT2D eigenvalue weighted by molar-refractivity contribution is -0.128. The van der Waals surface area contributed by atoms with Crippen LogP contribution in [0.4, 0.5) is 0 Å². The molecule has 1 N–H and O–H groups in total. The van der Waals surface area contributed by atoms with Crippen molar-refractivity contribution in [3.8, 4) is 0 Å². The van der Waals surface area contributed by atoms with E-state index in [-0.39, 0.29) is 17.7 Å². The van der Waals surface area contributed by atoms with Gasteiger partial charge in [-0.1, -0.05) is 30.3 Å². The molecular formula is C19H27N3O2. The fourth-order valence-corrected chi connectivity index (χ4v) is 3.73. The Bertz CT molecular complexity index is 575. The number of nitrogens with zero attached hydrogens (tertiary/aromatic N) is 2. The van der Waals surface area contributed by atoms with E-state index >= 15 is 0 Å². The molecule has 0 bridgehead atoms. The molecule has 0 spiro atoms. The lowest BCUT2D eigenvalue weighted by Crippen LogP contribution is -2.42. The molecule has 2 atom stereocenters. The van der Waals surface area contributed by atoms with Crippen molar-refractivity contribution in [2.45, 2.75) is 25.8 Å². The summed E-state index contributed by atoms with van der Waals surface area (Å²) in [6, 6.07) is 10.5. The number of carbonyl (C=O) groups is 2. The van der Waals surface area contributed by atoms with Gasteiger partial charge in [-0.2, -0.15) is 0 Å². The third-order valence-electron chi connectivity index (χ3n) is 5.13. The lowest BCUT2D eigenvalue weighted by Gasteiger charge is -2.33. The van der Waals surface area contributed by atoms with Crippen LogP contribution in [-0.4, -0.2) is 54.8 Å². The highest BCUT2D eigenvalue weighted by Crippen LogP contribution is 2.19. The molecule has 2 aliphatic rings. The van der Waals surface area contributed by atoms with Crippen LogP contribution in [0.1, 0.15) is 24.8 Å². The largest absolute Gasteiger partial charge is 0.355 e. The number of nitrogens with one attached hydrogen (secondary N) is 1. The number of likely N-dealkylation sites (tertiary alicyclic amines) is 2. The van der Waals surface area contributed by atoms with Crippen LogP contribution >= 0.6 is 0 Å². The summed E-state index contributed by atoms with van der Waals surface area (Å²) in [6.45, 7) is 4.40. The Morgan fingerprint density at radius 3 is 2.75 bits per heavy atom. The van der Waals surface area contributed by atoms with E-state index < -0.39 is 0 Å². The van der Waals surface area contributed by atoms with Gasteiger partial charge < -0.3 is 10.2 Å². The normalized spacial score (nSPS) is 25.0. The van der Waals surface area contributed by atoms with Gasteiger partial charge in [0.15, 0.2) is 0 Å². The van der Waals surface area contributed by atoms with E-state index in [0.29, 0.717) is 18.9 Å². The van der Waals surface area contributed by atoms with Crippen LogP contribution in [0.3, 0.4) is 0 Å². The van der Waals surface area contributed by atoms with Crippen LogP contribution in [0.5, 0.6) is 0 Å². The smallest absolute Gasteiger partial charge is 0.225 e. The Kier molecular flexibility index (Phi) is 5.51. The molecule has 2 unspecified atom stereocenters. The van der Waals surface area contributed by atoms with Crippen LogP contribution in [0.15, 0.2) is 30.3 Å². The molecule has 24 heavy (non-hydrogen) atoms. The number of piperidine rings is 1. The molecule has 1 aromatic rings. The maximum absolute atomic E-state index is 12.2. The van der Waals surface area contributed by atoms with Gasteiger partial charge in [0.1, 0.15) is 0 Å². The van der Waals surface area contributed by atoms with Gasteiger partial charge in [-0.3, -0.25) is 14.5 Å². The molecular weight excluding hydrogens is 302 g/mol. The van der Waals surface area contributed by atoms with Gasteiger partial charge in [0.25, 0.3) is 0 Å². The molecule has 2 aliphatic heterocycles. The molecule has 5 heteroatoms. The Hall–Kier alpha value is -1.88. The molecule has 1 aromatic carbocycles. The first-order valence-corrected chi connectivity index (χ1v) is 8.90. The van der Waals surface area contributed by atoms with Gasteiger partial charge >= 0.3 is 0 Å². The molecule has 2 amide bonds. The van der Waals surface area contributed by atoms with Crippen molar-refractivity contribution >= 4 is 11.8 Å². The minimum atomic E-state index is -0.175. The van der Waals surface area contributed by atoms with Crippen molar-refractivity contribution in [3.05, 3.63) is 35.9 Å². The third-order valence-corrected chi connectivity index (χ3v) is 5.13. The average molecular weight is 329 g/mol. The second kappa shape index (κ2) is 7.79. The van der Waals surface area contributed by atoms with Gasteiger partial charge in [-0.05, 0) is 30.9 Å². The number of hydrogen-bond acceptors (Lipinski definition) is 3. The molecule has 2 saturated heterocycles. The zero-order valence-corrected chi connectivity index (χ0v) is 14.4. The van der Waals surface area contributed by atoms with Crippen LogP contribution in [0.2, 0.25) is 0 Å². The van der Waals surface area contributed by atoms with Gasteiger partial charge in [0.05, 0.1) is 5.92 Å². The summed E-state index contributed by atoms with van der Waals surface area (Å²) in [5, 5.41) is 3.08. The van der Waals surface area contributed by atoms with Gasteiger partial charge in [0, 0.05) is 39.6 Å². The van der Waals surface area contributed by atoms with Crippen molar-refractivity contribution in [1.82, 2.24) is 15.1 Å². The van der Waals surface area contributed by atoms with Gasteiger partial charge in [-0.25, -0.2) is 0 Å². The van der Waals surface area contributed by atoms with E-state index in [2.05, 4.69) is 34.5 Å². The highest BCUT2D eigenvalue weighted by Gasteiger charge is 2.32. The first-order valence-electron chi connectivity index (χ1n) is 8.90. The summed E-state index contributed by atoms with van der Waals surface area (Å²) in [5.41, 5.74) is 1.34. The molecule has 0 aliphatic carbocycles. The number of hydrogen-bond donors (Lipinski definition) is 1. The number of rotatable bonds is 5. The van der Waals surface area contributed by atoms with Crippen LogP contribution < -0.4 is 5.32 Å². The maximum Gasteiger partial charge on any atom is 0.225 e. The summed E-state index contributed by atoms with van der Waals surface area (Å²) >= 11 is 0.